The number of carbonyl (C=O) groups excluding carboxylic acids is 1. The van der Waals surface area contributed by atoms with Crippen molar-refractivity contribution in [2.24, 2.45) is 0 Å². The minimum absolute atomic E-state index is 0.157. The second-order valence-electron chi connectivity index (χ2n) is 3.55. The van der Waals surface area contributed by atoms with Crippen molar-refractivity contribution in [2.75, 3.05) is 13.2 Å². The fraction of sp³-hybridized carbons (Fsp3) is 0.417. The molecule has 0 amide bonds. The molecule has 4 nitrogen and oxygen atoms in total. The molecule has 0 aromatic heterocycles. The molecule has 1 aromatic rings. The van der Waals surface area contributed by atoms with Crippen molar-refractivity contribution >= 4 is 14.3 Å². The predicted molar refractivity (Wildman–Crippen MR) is 66.0 cm³/mol. The van der Waals surface area contributed by atoms with Crippen LogP contribution in [0.25, 0.3) is 0 Å². The summed E-state index contributed by atoms with van der Waals surface area (Å²) >= 11 is 0. The Kier molecular flexibility index (Phi) is 5.81. The monoisotopic (exact) mass is 255 g/mol. The van der Waals surface area contributed by atoms with Crippen molar-refractivity contribution in [3.8, 4) is 5.75 Å². The van der Waals surface area contributed by atoms with Crippen molar-refractivity contribution < 1.29 is 18.6 Å². The first-order valence-corrected chi connectivity index (χ1v) is 6.69. The summed E-state index contributed by atoms with van der Waals surface area (Å²) in [5.41, 5.74) is 0.446. The predicted octanol–water partition coefficient (Wildman–Crippen LogP) is 3.05. The first-order chi connectivity index (χ1) is 8.17. The number of hydrogen-bond donors (Lipinski definition) is 0. The number of carbonyl (C=O) groups is 1. The van der Waals surface area contributed by atoms with Crippen LogP contribution in [0.5, 0.6) is 5.75 Å². The van der Waals surface area contributed by atoms with Gasteiger partial charge in [-0.15, -0.1) is 4.52 Å². The first-order valence-electron chi connectivity index (χ1n) is 5.44. The lowest BCUT2D eigenvalue weighted by Gasteiger charge is -2.05. The number of aldehydes is 1. The molecule has 0 saturated heterocycles. The molecule has 0 bridgehead atoms. The van der Waals surface area contributed by atoms with Crippen LogP contribution >= 0.6 is 8.03 Å². The lowest BCUT2D eigenvalue weighted by Crippen LogP contribution is -2.11. The van der Waals surface area contributed by atoms with Crippen LogP contribution in [0.1, 0.15) is 24.2 Å². The fourth-order valence-corrected chi connectivity index (χ4v) is 1.88. The highest BCUT2D eigenvalue weighted by Gasteiger charge is 2.27. The Morgan fingerprint density at radius 2 is 2.00 bits per heavy atom. The zero-order valence-electron chi connectivity index (χ0n) is 9.96. The maximum absolute atomic E-state index is 11.5. The van der Waals surface area contributed by atoms with Gasteiger partial charge in [0.05, 0.1) is 6.61 Å². The molecule has 0 aliphatic heterocycles. The molecule has 0 aliphatic rings. The van der Waals surface area contributed by atoms with Gasteiger partial charge in [-0.25, -0.2) is 0 Å². The van der Waals surface area contributed by atoms with E-state index in [-0.39, 0.29) is 5.66 Å². The molecule has 17 heavy (non-hydrogen) atoms. The van der Waals surface area contributed by atoms with E-state index in [0.717, 1.165) is 6.29 Å². The molecule has 0 radical (unpaired) electrons. The first kappa shape index (κ1) is 13.8. The van der Waals surface area contributed by atoms with E-state index in [9.17, 15) is 9.36 Å². The highest BCUT2D eigenvalue weighted by Crippen LogP contribution is 2.29. The van der Waals surface area contributed by atoms with Crippen molar-refractivity contribution in [3.05, 3.63) is 29.8 Å². The van der Waals surface area contributed by atoms with Gasteiger partial charge in [0, 0.05) is 5.56 Å². The maximum atomic E-state index is 11.5. The van der Waals surface area contributed by atoms with Crippen LogP contribution in [-0.2, 0) is 9.09 Å². The van der Waals surface area contributed by atoms with Crippen LogP contribution in [-0.4, -0.2) is 25.2 Å². The van der Waals surface area contributed by atoms with Crippen LogP contribution in [0.15, 0.2) is 24.3 Å². The lowest BCUT2D eigenvalue weighted by molar-refractivity contribution is 0.112. The second-order valence-corrected chi connectivity index (χ2v) is 5.26. The van der Waals surface area contributed by atoms with Crippen LogP contribution in [0, 0.1) is 0 Å². The molecule has 0 N–H and O–H groups in total. The number of rotatable bonds is 7. The van der Waals surface area contributed by atoms with Crippen molar-refractivity contribution in [1.29, 1.82) is 0 Å². The molecule has 0 fully saturated rings. The fourth-order valence-electron chi connectivity index (χ4n) is 1.17. The molecule has 92 valence electrons. The zero-order valence-corrected chi connectivity index (χ0v) is 10.9. The van der Waals surface area contributed by atoms with E-state index in [2.05, 4.69) is 0 Å². The van der Waals surface area contributed by atoms with Gasteiger partial charge < -0.3 is 4.74 Å². The largest absolute Gasteiger partial charge is 0.514 e. The maximum Gasteiger partial charge on any atom is 0.514 e. The summed E-state index contributed by atoms with van der Waals surface area (Å²) in [6.07, 6.45) is 0.776. The van der Waals surface area contributed by atoms with E-state index in [1.807, 2.05) is 6.92 Å². The SMILES string of the molecule is CCO[P+](=O)C(C)COc1ccc(C=O)cc1. The summed E-state index contributed by atoms with van der Waals surface area (Å²) in [7, 11) is -1.68. The van der Waals surface area contributed by atoms with Gasteiger partial charge in [0.1, 0.15) is 18.6 Å². The average Bonchev–Trinajstić information content (AvgIpc) is 2.36. The van der Waals surface area contributed by atoms with Crippen LogP contribution in [0.3, 0.4) is 0 Å². The topological polar surface area (TPSA) is 52.6 Å². The summed E-state index contributed by atoms with van der Waals surface area (Å²) in [5.74, 6) is 0.655. The number of benzene rings is 1. The summed E-state index contributed by atoms with van der Waals surface area (Å²) in [4.78, 5) is 10.4. The summed E-state index contributed by atoms with van der Waals surface area (Å²) in [6.45, 7) is 4.39. The van der Waals surface area contributed by atoms with Gasteiger partial charge in [-0.05, 0) is 42.7 Å². The van der Waals surface area contributed by atoms with Gasteiger partial charge in [-0.2, -0.15) is 0 Å². The van der Waals surface area contributed by atoms with Gasteiger partial charge in [0.25, 0.3) is 0 Å². The smallest absolute Gasteiger partial charge is 0.489 e. The number of ether oxygens (including phenoxy) is 1. The molecular formula is C12H16O4P+. The zero-order chi connectivity index (χ0) is 12.7. The third-order valence-electron chi connectivity index (χ3n) is 2.12. The Bertz CT molecular complexity index is 375. The molecule has 1 aromatic carbocycles. The van der Waals surface area contributed by atoms with Crippen molar-refractivity contribution in [1.82, 2.24) is 0 Å². The Labute approximate surface area is 102 Å². The van der Waals surface area contributed by atoms with E-state index in [1.165, 1.54) is 0 Å². The molecule has 2 atom stereocenters. The molecule has 0 aliphatic carbocycles. The standard InChI is InChI=1S/C12H16O4P/c1-3-16-17(14)10(2)9-15-12-6-4-11(8-13)5-7-12/h4-8,10H,3,9H2,1-2H3/q+1. The second kappa shape index (κ2) is 7.15. The van der Waals surface area contributed by atoms with Gasteiger partial charge in [0.15, 0.2) is 0 Å². The van der Waals surface area contributed by atoms with Crippen LogP contribution in [0.4, 0.5) is 0 Å². The van der Waals surface area contributed by atoms with Crippen molar-refractivity contribution in [3.63, 3.8) is 0 Å². The molecule has 5 heteroatoms. The van der Waals surface area contributed by atoms with Crippen molar-refractivity contribution in [2.45, 2.75) is 19.5 Å². The lowest BCUT2D eigenvalue weighted by atomic mass is 10.2. The summed E-state index contributed by atoms with van der Waals surface area (Å²) in [5, 5.41) is 0. The summed E-state index contributed by atoms with van der Waals surface area (Å²) < 4.78 is 21.9. The van der Waals surface area contributed by atoms with E-state index in [0.29, 0.717) is 24.5 Å². The Hall–Kier alpha value is -1.25. The van der Waals surface area contributed by atoms with Gasteiger partial charge in [-0.3, -0.25) is 4.79 Å². The van der Waals surface area contributed by atoms with E-state index >= 15 is 0 Å². The van der Waals surface area contributed by atoms with E-state index in [1.54, 1.807) is 31.2 Å². The van der Waals surface area contributed by atoms with Gasteiger partial charge >= 0.3 is 8.03 Å². The average molecular weight is 255 g/mol. The molecule has 2 unspecified atom stereocenters. The summed E-state index contributed by atoms with van der Waals surface area (Å²) in [6, 6.07) is 6.78. The number of hydrogen-bond acceptors (Lipinski definition) is 4. The Morgan fingerprint density at radius 1 is 1.35 bits per heavy atom. The molecule has 0 saturated carbocycles. The third kappa shape index (κ3) is 4.63. The van der Waals surface area contributed by atoms with E-state index < -0.39 is 8.03 Å². The molecular weight excluding hydrogens is 239 g/mol. The van der Waals surface area contributed by atoms with Gasteiger partial charge in [0.2, 0.25) is 5.66 Å². The molecule has 1 rings (SSSR count). The molecule has 0 heterocycles. The minimum Gasteiger partial charge on any atom is -0.489 e. The highest BCUT2D eigenvalue weighted by atomic mass is 31.1. The van der Waals surface area contributed by atoms with Gasteiger partial charge in [-0.1, -0.05) is 0 Å². The van der Waals surface area contributed by atoms with Crippen LogP contribution < -0.4 is 4.74 Å². The minimum atomic E-state index is -1.68. The Balaban J connectivity index is 2.44. The van der Waals surface area contributed by atoms with Crippen LogP contribution in [0.2, 0.25) is 0 Å². The highest BCUT2D eigenvalue weighted by molar-refractivity contribution is 7.40. The Morgan fingerprint density at radius 3 is 2.53 bits per heavy atom. The third-order valence-corrected chi connectivity index (χ3v) is 3.51. The molecule has 0 spiro atoms. The normalized spacial score (nSPS) is 12.9. The van der Waals surface area contributed by atoms with E-state index in [4.69, 9.17) is 9.26 Å². The quantitative estimate of drug-likeness (QED) is 0.555.